The van der Waals surface area contributed by atoms with Gasteiger partial charge in [0.2, 0.25) is 0 Å². The van der Waals surface area contributed by atoms with Gasteiger partial charge in [-0.05, 0) is 37.2 Å². The van der Waals surface area contributed by atoms with Gasteiger partial charge in [-0.25, -0.2) is 0 Å². The summed E-state index contributed by atoms with van der Waals surface area (Å²) in [4.78, 5) is 2.75. The third kappa shape index (κ3) is 1.57. The molecule has 0 amide bonds. The Labute approximate surface area is 116 Å². The fraction of sp³-hybridized carbons (Fsp3) is 0.556. The quantitative estimate of drug-likeness (QED) is 0.689. The molecule has 6 unspecified atom stereocenters. The second kappa shape index (κ2) is 3.96. The minimum atomic E-state index is 0.712. The van der Waals surface area contributed by atoms with Crippen molar-refractivity contribution in [3.8, 4) is 0 Å². The van der Waals surface area contributed by atoms with Crippen LogP contribution in [0.3, 0.4) is 0 Å². The number of hydrogen-bond acceptors (Lipinski definition) is 1. The molecule has 100 valence electrons. The standard InChI is InChI=1S/C18H23N/c1-11-4-6-14(7-5-11)15-9-16-12(2)8-17-18(15)13(3)10-19(16)17/h4-7,12,15-18H,3,8-10H2,1-2H3. The Morgan fingerprint density at radius 1 is 1.11 bits per heavy atom. The summed E-state index contributed by atoms with van der Waals surface area (Å²) in [7, 11) is 0. The number of rotatable bonds is 1. The topological polar surface area (TPSA) is 3.24 Å². The fourth-order valence-corrected chi connectivity index (χ4v) is 4.93. The molecule has 0 aromatic heterocycles. The SMILES string of the molecule is C=C1CN2C3CC(c4ccc(C)cc4)C1C2CC3C. The minimum absolute atomic E-state index is 0.712. The smallest absolute Gasteiger partial charge is 0.0200 e. The minimum Gasteiger partial charge on any atom is -0.293 e. The summed E-state index contributed by atoms with van der Waals surface area (Å²) >= 11 is 0. The Morgan fingerprint density at radius 3 is 2.58 bits per heavy atom. The van der Waals surface area contributed by atoms with Gasteiger partial charge in [-0.1, -0.05) is 48.9 Å². The molecule has 0 N–H and O–H groups in total. The maximum atomic E-state index is 4.39. The van der Waals surface area contributed by atoms with E-state index in [1.165, 1.54) is 24.0 Å². The molecule has 0 aliphatic carbocycles. The van der Waals surface area contributed by atoms with Crippen LogP contribution in [0.25, 0.3) is 0 Å². The first-order valence-electron chi connectivity index (χ1n) is 7.65. The van der Waals surface area contributed by atoms with E-state index in [1.807, 2.05) is 0 Å². The zero-order chi connectivity index (χ0) is 13.1. The molecule has 1 heteroatoms. The summed E-state index contributed by atoms with van der Waals surface area (Å²) in [6, 6.07) is 10.8. The second-order valence-corrected chi connectivity index (χ2v) is 6.96. The van der Waals surface area contributed by atoms with Crippen LogP contribution in [-0.2, 0) is 0 Å². The van der Waals surface area contributed by atoms with Crippen molar-refractivity contribution >= 4 is 0 Å². The van der Waals surface area contributed by atoms with Crippen molar-refractivity contribution in [3.63, 3.8) is 0 Å². The highest BCUT2D eigenvalue weighted by Gasteiger charge is 2.55. The van der Waals surface area contributed by atoms with Gasteiger partial charge in [0.25, 0.3) is 0 Å². The lowest BCUT2D eigenvalue weighted by atomic mass is 9.76. The summed E-state index contributed by atoms with van der Waals surface area (Å²) < 4.78 is 0. The molecule has 0 spiro atoms. The molecule has 3 aliphatic heterocycles. The largest absolute Gasteiger partial charge is 0.293 e. The molecule has 4 rings (SSSR count). The molecule has 19 heavy (non-hydrogen) atoms. The van der Waals surface area contributed by atoms with Crippen molar-refractivity contribution in [2.75, 3.05) is 6.54 Å². The predicted octanol–water partition coefficient (Wildman–Crippen LogP) is 3.75. The van der Waals surface area contributed by atoms with Crippen LogP contribution in [0.5, 0.6) is 0 Å². The van der Waals surface area contributed by atoms with Crippen LogP contribution in [0.15, 0.2) is 36.4 Å². The molecule has 1 nitrogen and oxygen atoms in total. The van der Waals surface area contributed by atoms with Crippen molar-refractivity contribution in [2.24, 2.45) is 11.8 Å². The molecule has 1 aromatic carbocycles. The highest BCUT2D eigenvalue weighted by Crippen LogP contribution is 2.55. The molecule has 6 atom stereocenters. The Balaban J connectivity index is 1.74. The van der Waals surface area contributed by atoms with Gasteiger partial charge < -0.3 is 0 Å². The Bertz CT molecular complexity index is 515. The monoisotopic (exact) mass is 253 g/mol. The molecule has 0 radical (unpaired) electrons. The fourth-order valence-electron chi connectivity index (χ4n) is 4.93. The lowest BCUT2D eigenvalue weighted by molar-refractivity contribution is 0.144. The molecule has 3 saturated heterocycles. The Morgan fingerprint density at radius 2 is 1.84 bits per heavy atom. The molecular formula is C18H23N. The first-order chi connectivity index (χ1) is 9.15. The number of aryl methyl sites for hydroxylation is 1. The summed E-state index contributed by atoms with van der Waals surface area (Å²) in [5, 5.41) is 0. The predicted molar refractivity (Wildman–Crippen MR) is 79.2 cm³/mol. The molecule has 4 bridgehead atoms. The molecule has 3 fully saturated rings. The van der Waals surface area contributed by atoms with Crippen LogP contribution in [0.2, 0.25) is 0 Å². The van der Waals surface area contributed by atoms with Crippen molar-refractivity contribution in [2.45, 2.75) is 44.7 Å². The first kappa shape index (κ1) is 11.7. The van der Waals surface area contributed by atoms with Crippen LogP contribution in [-0.4, -0.2) is 23.5 Å². The number of nitrogens with zero attached hydrogens (tertiary/aromatic N) is 1. The van der Waals surface area contributed by atoms with Gasteiger partial charge in [0.1, 0.15) is 0 Å². The van der Waals surface area contributed by atoms with Gasteiger partial charge in [-0.2, -0.15) is 0 Å². The zero-order valence-electron chi connectivity index (χ0n) is 12.0. The van der Waals surface area contributed by atoms with Crippen LogP contribution in [0.4, 0.5) is 0 Å². The van der Waals surface area contributed by atoms with Gasteiger partial charge in [0, 0.05) is 24.5 Å². The summed E-state index contributed by atoms with van der Waals surface area (Å²) in [6.07, 6.45) is 2.72. The lowest BCUT2D eigenvalue weighted by Gasteiger charge is -2.37. The molecule has 1 aromatic rings. The van der Waals surface area contributed by atoms with Crippen LogP contribution in [0.1, 0.15) is 36.8 Å². The van der Waals surface area contributed by atoms with E-state index in [1.54, 1.807) is 5.56 Å². The summed E-state index contributed by atoms with van der Waals surface area (Å²) in [6.45, 7) is 10.2. The third-order valence-corrected chi connectivity index (χ3v) is 5.83. The maximum Gasteiger partial charge on any atom is 0.0200 e. The van der Waals surface area contributed by atoms with Crippen molar-refractivity contribution in [1.82, 2.24) is 4.90 Å². The van der Waals surface area contributed by atoms with E-state index in [4.69, 9.17) is 0 Å². The van der Waals surface area contributed by atoms with Gasteiger partial charge >= 0.3 is 0 Å². The molecular weight excluding hydrogens is 230 g/mol. The number of benzene rings is 1. The van der Waals surface area contributed by atoms with Crippen LogP contribution < -0.4 is 0 Å². The van der Waals surface area contributed by atoms with Crippen molar-refractivity contribution in [3.05, 3.63) is 47.5 Å². The first-order valence-corrected chi connectivity index (χ1v) is 7.65. The maximum absolute atomic E-state index is 4.39. The van der Waals surface area contributed by atoms with E-state index in [-0.39, 0.29) is 0 Å². The summed E-state index contributed by atoms with van der Waals surface area (Å²) in [5.41, 5.74) is 4.40. The lowest BCUT2D eigenvalue weighted by Crippen LogP contribution is -2.41. The Hall–Kier alpha value is -1.08. The molecule has 3 aliphatic rings. The second-order valence-electron chi connectivity index (χ2n) is 6.96. The normalized spacial score (nSPS) is 43.8. The van der Waals surface area contributed by atoms with Gasteiger partial charge in [-0.15, -0.1) is 0 Å². The third-order valence-electron chi connectivity index (χ3n) is 5.83. The van der Waals surface area contributed by atoms with Gasteiger partial charge in [0.15, 0.2) is 0 Å². The zero-order valence-corrected chi connectivity index (χ0v) is 12.0. The molecule has 3 heterocycles. The van der Waals surface area contributed by atoms with E-state index in [9.17, 15) is 0 Å². The average Bonchev–Trinajstić information content (AvgIpc) is 2.72. The number of piperidine rings is 1. The van der Waals surface area contributed by atoms with E-state index in [0.717, 1.165) is 24.5 Å². The van der Waals surface area contributed by atoms with E-state index in [0.29, 0.717) is 11.8 Å². The average molecular weight is 253 g/mol. The van der Waals surface area contributed by atoms with E-state index < -0.39 is 0 Å². The van der Waals surface area contributed by atoms with Crippen molar-refractivity contribution in [1.29, 1.82) is 0 Å². The van der Waals surface area contributed by atoms with Gasteiger partial charge in [-0.3, -0.25) is 4.90 Å². The number of hydrogen-bond donors (Lipinski definition) is 0. The van der Waals surface area contributed by atoms with Gasteiger partial charge in [0.05, 0.1) is 0 Å². The van der Waals surface area contributed by atoms with Crippen molar-refractivity contribution < 1.29 is 0 Å². The molecule has 0 saturated carbocycles. The van der Waals surface area contributed by atoms with E-state index >= 15 is 0 Å². The van der Waals surface area contributed by atoms with Crippen LogP contribution in [0, 0.1) is 18.8 Å². The highest BCUT2D eigenvalue weighted by molar-refractivity contribution is 5.33. The summed E-state index contributed by atoms with van der Waals surface area (Å²) in [5.74, 6) is 2.30. The van der Waals surface area contributed by atoms with E-state index in [2.05, 4.69) is 49.6 Å². The Kier molecular flexibility index (Phi) is 2.44. The van der Waals surface area contributed by atoms with Crippen LogP contribution >= 0.6 is 0 Å². The highest BCUT2D eigenvalue weighted by atomic mass is 15.3.